The molecule has 0 bridgehead atoms. The van der Waals surface area contributed by atoms with E-state index in [0.29, 0.717) is 17.4 Å². The van der Waals surface area contributed by atoms with Crippen LogP contribution < -0.4 is 10.1 Å². The van der Waals surface area contributed by atoms with Gasteiger partial charge in [-0.3, -0.25) is 4.79 Å². The number of rotatable bonds is 4. The highest BCUT2D eigenvalue weighted by Gasteiger charge is 2.12. The third-order valence-corrected chi connectivity index (χ3v) is 2.80. The van der Waals surface area contributed by atoms with Gasteiger partial charge in [0.1, 0.15) is 23.2 Å². The van der Waals surface area contributed by atoms with E-state index in [4.69, 9.17) is 4.74 Å². The van der Waals surface area contributed by atoms with E-state index in [2.05, 4.69) is 5.32 Å². The van der Waals surface area contributed by atoms with Gasteiger partial charge in [0, 0.05) is 11.6 Å². The zero-order valence-electron chi connectivity index (χ0n) is 11.1. The van der Waals surface area contributed by atoms with Gasteiger partial charge in [-0.1, -0.05) is 0 Å². The molecule has 0 heterocycles. The molecule has 6 heteroatoms. The number of ether oxygens (including phenoxy) is 1. The van der Waals surface area contributed by atoms with Crippen LogP contribution >= 0.6 is 0 Å². The maximum atomic E-state index is 13.4. The summed E-state index contributed by atoms with van der Waals surface area (Å²) in [7, 11) is 1.40. The quantitative estimate of drug-likeness (QED) is 0.940. The van der Waals surface area contributed by atoms with Crippen molar-refractivity contribution in [1.82, 2.24) is 0 Å². The summed E-state index contributed by atoms with van der Waals surface area (Å²) in [6.45, 7) is 0. The number of anilines is 1. The summed E-state index contributed by atoms with van der Waals surface area (Å²) in [4.78, 5) is 11.8. The second kappa shape index (κ2) is 6.30. The van der Waals surface area contributed by atoms with Gasteiger partial charge in [-0.2, -0.15) is 0 Å². The average molecular weight is 295 g/mol. The lowest BCUT2D eigenvalue weighted by molar-refractivity contribution is -0.115. The number of carbonyl (C=O) groups excluding carboxylic acids is 1. The number of halogens is 3. The SMILES string of the molecule is COc1ccc(F)cc1CC(=O)Nc1ccc(F)cc1F. The Balaban J connectivity index is 2.13. The number of hydrogen-bond donors (Lipinski definition) is 1. The standard InChI is InChI=1S/C15H12F3NO2/c1-21-14-5-3-10(16)6-9(14)7-15(20)19-13-4-2-11(17)8-12(13)18/h2-6,8H,7H2,1H3,(H,19,20). The molecule has 0 atom stereocenters. The molecule has 0 aliphatic rings. The lowest BCUT2D eigenvalue weighted by atomic mass is 10.1. The van der Waals surface area contributed by atoms with Gasteiger partial charge in [0.15, 0.2) is 0 Å². The Kier molecular flexibility index (Phi) is 4.47. The van der Waals surface area contributed by atoms with Crippen LogP contribution in [0.3, 0.4) is 0 Å². The Hall–Kier alpha value is -2.50. The highest BCUT2D eigenvalue weighted by Crippen LogP contribution is 2.21. The van der Waals surface area contributed by atoms with E-state index in [9.17, 15) is 18.0 Å². The minimum Gasteiger partial charge on any atom is -0.496 e. The lowest BCUT2D eigenvalue weighted by Gasteiger charge is -2.10. The van der Waals surface area contributed by atoms with Gasteiger partial charge >= 0.3 is 0 Å². The number of amides is 1. The van der Waals surface area contributed by atoms with Crippen molar-refractivity contribution in [1.29, 1.82) is 0 Å². The highest BCUT2D eigenvalue weighted by molar-refractivity contribution is 5.92. The van der Waals surface area contributed by atoms with Gasteiger partial charge in [0.25, 0.3) is 0 Å². The largest absolute Gasteiger partial charge is 0.496 e. The minimum absolute atomic E-state index is 0.142. The van der Waals surface area contributed by atoms with E-state index in [-0.39, 0.29) is 12.1 Å². The number of carbonyl (C=O) groups is 1. The third kappa shape index (κ3) is 3.75. The molecule has 0 saturated carbocycles. The van der Waals surface area contributed by atoms with Crippen molar-refractivity contribution in [3.05, 3.63) is 59.4 Å². The van der Waals surface area contributed by atoms with Crippen LogP contribution in [0.4, 0.5) is 18.9 Å². The maximum absolute atomic E-state index is 13.4. The molecule has 0 spiro atoms. The number of benzene rings is 2. The Morgan fingerprint density at radius 1 is 1.10 bits per heavy atom. The van der Waals surface area contributed by atoms with Crippen molar-refractivity contribution < 1.29 is 22.7 Å². The van der Waals surface area contributed by atoms with E-state index in [0.717, 1.165) is 12.1 Å². The summed E-state index contributed by atoms with van der Waals surface area (Å²) in [6, 6.07) is 6.58. The molecule has 2 aromatic carbocycles. The van der Waals surface area contributed by atoms with E-state index >= 15 is 0 Å². The third-order valence-electron chi connectivity index (χ3n) is 2.80. The first kappa shape index (κ1) is 14.9. The molecule has 1 amide bonds. The van der Waals surface area contributed by atoms with Crippen LogP contribution in [0.15, 0.2) is 36.4 Å². The zero-order valence-corrected chi connectivity index (χ0v) is 11.1. The summed E-state index contributed by atoms with van der Waals surface area (Å²) < 4.78 is 44.4. The van der Waals surface area contributed by atoms with Crippen LogP contribution in [-0.4, -0.2) is 13.0 Å². The van der Waals surface area contributed by atoms with Gasteiger partial charge in [-0.15, -0.1) is 0 Å². The molecule has 0 fully saturated rings. The first-order valence-electron chi connectivity index (χ1n) is 6.07. The average Bonchev–Trinajstić information content (AvgIpc) is 2.42. The monoisotopic (exact) mass is 295 g/mol. The summed E-state index contributed by atoms with van der Waals surface area (Å²) in [5.74, 6) is -2.34. The van der Waals surface area contributed by atoms with Crippen molar-refractivity contribution in [2.45, 2.75) is 6.42 Å². The first-order valence-corrected chi connectivity index (χ1v) is 6.07. The fourth-order valence-electron chi connectivity index (χ4n) is 1.84. The molecule has 21 heavy (non-hydrogen) atoms. The van der Waals surface area contributed by atoms with E-state index in [1.807, 2.05) is 0 Å². The van der Waals surface area contributed by atoms with Crippen LogP contribution in [0.5, 0.6) is 5.75 Å². The van der Waals surface area contributed by atoms with Crippen LogP contribution in [0.2, 0.25) is 0 Å². The highest BCUT2D eigenvalue weighted by atomic mass is 19.1. The summed E-state index contributed by atoms with van der Waals surface area (Å²) in [5.41, 5.74) is 0.189. The topological polar surface area (TPSA) is 38.3 Å². The van der Waals surface area contributed by atoms with E-state index in [1.165, 1.54) is 25.3 Å². The summed E-state index contributed by atoms with van der Waals surface area (Å²) in [6.07, 6.45) is -0.197. The van der Waals surface area contributed by atoms with Crippen molar-refractivity contribution in [3.63, 3.8) is 0 Å². The second-order valence-electron chi connectivity index (χ2n) is 4.31. The first-order chi connectivity index (χ1) is 9.99. The number of hydrogen-bond acceptors (Lipinski definition) is 2. The molecular formula is C15H12F3NO2. The van der Waals surface area contributed by atoms with Gasteiger partial charge in [-0.05, 0) is 30.3 Å². The van der Waals surface area contributed by atoms with Gasteiger partial charge in [0.2, 0.25) is 5.91 Å². The van der Waals surface area contributed by atoms with Gasteiger partial charge < -0.3 is 10.1 Å². The zero-order chi connectivity index (χ0) is 15.4. The Labute approximate surface area is 119 Å². The fourth-order valence-corrected chi connectivity index (χ4v) is 1.84. The molecule has 1 N–H and O–H groups in total. The summed E-state index contributed by atoms with van der Waals surface area (Å²) >= 11 is 0. The molecule has 3 nitrogen and oxygen atoms in total. The Morgan fingerprint density at radius 2 is 1.76 bits per heavy atom. The van der Waals surface area contributed by atoms with Gasteiger partial charge in [0.05, 0.1) is 19.2 Å². The molecule has 110 valence electrons. The molecule has 0 aliphatic carbocycles. The normalized spacial score (nSPS) is 10.3. The van der Waals surface area contributed by atoms with Crippen LogP contribution in [0.1, 0.15) is 5.56 Å². The van der Waals surface area contributed by atoms with Crippen molar-refractivity contribution in [2.24, 2.45) is 0 Å². The number of methoxy groups -OCH3 is 1. The molecule has 0 aromatic heterocycles. The fraction of sp³-hybridized carbons (Fsp3) is 0.133. The summed E-state index contributed by atoms with van der Waals surface area (Å²) in [5, 5.41) is 2.30. The predicted molar refractivity (Wildman–Crippen MR) is 71.6 cm³/mol. The smallest absolute Gasteiger partial charge is 0.229 e. The Morgan fingerprint density at radius 3 is 2.43 bits per heavy atom. The van der Waals surface area contributed by atoms with Crippen LogP contribution in [0, 0.1) is 17.5 Å². The molecule has 0 saturated heterocycles. The molecule has 0 aliphatic heterocycles. The van der Waals surface area contributed by atoms with Crippen molar-refractivity contribution in [2.75, 3.05) is 12.4 Å². The molecule has 0 unspecified atom stereocenters. The van der Waals surface area contributed by atoms with Crippen LogP contribution in [0.25, 0.3) is 0 Å². The van der Waals surface area contributed by atoms with E-state index in [1.54, 1.807) is 0 Å². The van der Waals surface area contributed by atoms with Crippen LogP contribution in [-0.2, 0) is 11.2 Å². The van der Waals surface area contributed by atoms with Crippen molar-refractivity contribution >= 4 is 11.6 Å². The molecule has 0 radical (unpaired) electrons. The van der Waals surface area contributed by atoms with Gasteiger partial charge in [-0.25, -0.2) is 13.2 Å². The van der Waals surface area contributed by atoms with Crippen molar-refractivity contribution in [3.8, 4) is 5.75 Å². The number of nitrogens with one attached hydrogen (secondary N) is 1. The Bertz CT molecular complexity index is 674. The maximum Gasteiger partial charge on any atom is 0.229 e. The van der Waals surface area contributed by atoms with E-state index < -0.39 is 23.4 Å². The lowest BCUT2D eigenvalue weighted by Crippen LogP contribution is -2.16. The predicted octanol–water partition coefficient (Wildman–Crippen LogP) is 3.29. The minimum atomic E-state index is -0.880. The molecule has 2 rings (SSSR count). The second-order valence-corrected chi connectivity index (χ2v) is 4.31. The molecular weight excluding hydrogens is 283 g/mol. The molecule has 2 aromatic rings.